The normalized spacial score (nSPS) is 18.9. The van der Waals surface area contributed by atoms with Crippen LogP contribution in [0.5, 0.6) is 0 Å². The van der Waals surface area contributed by atoms with Gasteiger partial charge >= 0.3 is 0 Å². The van der Waals surface area contributed by atoms with Gasteiger partial charge < -0.3 is 10.2 Å². The van der Waals surface area contributed by atoms with Gasteiger partial charge in [0.25, 0.3) is 0 Å². The van der Waals surface area contributed by atoms with E-state index < -0.39 is 0 Å². The summed E-state index contributed by atoms with van der Waals surface area (Å²) in [5.74, 6) is 0.801. The first-order valence-corrected chi connectivity index (χ1v) is 7.30. The van der Waals surface area contributed by atoms with Crippen LogP contribution in [0.1, 0.15) is 43.6 Å². The molecule has 4 heteroatoms. The third-order valence-electron chi connectivity index (χ3n) is 4.30. The molecule has 0 bridgehead atoms. The molecule has 0 aliphatic heterocycles. The molecule has 0 spiro atoms. The summed E-state index contributed by atoms with van der Waals surface area (Å²) in [5.41, 5.74) is 8.68. The fourth-order valence-electron chi connectivity index (χ4n) is 3.12. The van der Waals surface area contributed by atoms with Crippen molar-refractivity contribution in [2.45, 2.75) is 44.4 Å². The first kappa shape index (κ1) is 12.9. The summed E-state index contributed by atoms with van der Waals surface area (Å²) >= 11 is 6.08. The van der Waals surface area contributed by atoms with Crippen LogP contribution in [-0.2, 0) is 5.41 Å². The van der Waals surface area contributed by atoms with Crippen LogP contribution in [0.15, 0.2) is 16.5 Å². The molecular weight excluding hydrogens is 260 g/mol. The summed E-state index contributed by atoms with van der Waals surface area (Å²) in [6, 6.07) is 3.78. The van der Waals surface area contributed by atoms with Crippen LogP contribution in [0.4, 0.5) is 0 Å². The van der Waals surface area contributed by atoms with E-state index in [0.29, 0.717) is 11.6 Å². The molecule has 0 atom stereocenters. The predicted octanol–water partition coefficient (Wildman–Crippen LogP) is 3.95. The van der Waals surface area contributed by atoms with Gasteiger partial charge in [-0.05, 0) is 37.5 Å². The van der Waals surface area contributed by atoms with Crippen molar-refractivity contribution in [2.75, 3.05) is 6.54 Å². The van der Waals surface area contributed by atoms with Crippen molar-refractivity contribution in [3.8, 4) is 0 Å². The second-order valence-corrected chi connectivity index (χ2v) is 6.07. The summed E-state index contributed by atoms with van der Waals surface area (Å²) in [5, 5.41) is 0.704. The van der Waals surface area contributed by atoms with Crippen LogP contribution in [0.3, 0.4) is 0 Å². The lowest BCUT2D eigenvalue weighted by Crippen LogP contribution is -2.37. The summed E-state index contributed by atoms with van der Waals surface area (Å²) < 4.78 is 6.04. The van der Waals surface area contributed by atoms with Crippen molar-refractivity contribution in [1.29, 1.82) is 0 Å². The maximum Gasteiger partial charge on any atom is 0.202 e. The molecule has 0 unspecified atom stereocenters. The van der Waals surface area contributed by atoms with E-state index in [1.807, 2.05) is 19.1 Å². The molecule has 3 nitrogen and oxygen atoms in total. The van der Waals surface area contributed by atoms with Gasteiger partial charge in [0, 0.05) is 11.6 Å². The van der Waals surface area contributed by atoms with Gasteiger partial charge in [0.15, 0.2) is 5.58 Å². The van der Waals surface area contributed by atoms with Crippen LogP contribution >= 0.6 is 11.6 Å². The molecule has 1 saturated carbocycles. The molecule has 3 rings (SSSR count). The van der Waals surface area contributed by atoms with Crippen molar-refractivity contribution in [3.63, 3.8) is 0 Å². The van der Waals surface area contributed by atoms with Gasteiger partial charge in [0.05, 0.1) is 5.41 Å². The molecule has 19 heavy (non-hydrogen) atoms. The standard InChI is InChI=1S/C15H19ClN2O/c1-10-7-11(16)8-12-13(10)19-14(18-12)15(9-17)5-3-2-4-6-15/h7-8H,2-6,9,17H2,1H3. The molecule has 0 saturated heterocycles. The Hall–Kier alpha value is -1.06. The minimum absolute atomic E-state index is 0.0732. The maximum absolute atomic E-state index is 6.08. The van der Waals surface area contributed by atoms with Crippen molar-refractivity contribution < 1.29 is 4.42 Å². The third-order valence-corrected chi connectivity index (χ3v) is 4.51. The molecule has 1 aromatic carbocycles. The number of aromatic nitrogens is 1. The van der Waals surface area contributed by atoms with Gasteiger partial charge in [0.2, 0.25) is 5.89 Å². The molecule has 1 aromatic heterocycles. The quantitative estimate of drug-likeness (QED) is 0.905. The lowest BCUT2D eigenvalue weighted by Gasteiger charge is -2.32. The first-order valence-electron chi connectivity index (χ1n) is 6.92. The first-order chi connectivity index (χ1) is 9.14. The van der Waals surface area contributed by atoms with E-state index in [0.717, 1.165) is 35.4 Å². The Bertz CT molecular complexity index is 599. The number of aryl methyl sites for hydroxylation is 1. The smallest absolute Gasteiger partial charge is 0.202 e. The second kappa shape index (κ2) is 4.80. The highest BCUT2D eigenvalue weighted by atomic mass is 35.5. The SMILES string of the molecule is Cc1cc(Cl)cc2nc(C3(CN)CCCCC3)oc12. The Morgan fingerprint density at radius 1 is 1.32 bits per heavy atom. The number of hydrogen-bond donors (Lipinski definition) is 1. The molecule has 2 aromatic rings. The highest BCUT2D eigenvalue weighted by Gasteiger charge is 2.37. The molecule has 1 aliphatic carbocycles. The lowest BCUT2D eigenvalue weighted by atomic mass is 9.74. The van der Waals surface area contributed by atoms with E-state index in [1.54, 1.807) is 0 Å². The Morgan fingerprint density at radius 3 is 2.74 bits per heavy atom. The molecule has 0 amide bonds. The Kier molecular flexibility index (Phi) is 3.27. The predicted molar refractivity (Wildman–Crippen MR) is 77.6 cm³/mol. The zero-order valence-electron chi connectivity index (χ0n) is 11.2. The number of rotatable bonds is 2. The highest BCUT2D eigenvalue weighted by molar-refractivity contribution is 6.31. The Morgan fingerprint density at radius 2 is 2.05 bits per heavy atom. The van der Waals surface area contributed by atoms with E-state index in [9.17, 15) is 0 Å². The lowest BCUT2D eigenvalue weighted by molar-refractivity contribution is 0.247. The van der Waals surface area contributed by atoms with Crippen molar-refractivity contribution in [3.05, 3.63) is 28.6 Å². The fourth-order valence-corrected chi connectivity index (χ4v) is 3.38. The number of benzene rings is 1. The van der Waals surface area contributed by atoms with Gasteiger partial charge in [0.1, 0.15) is 5.52 Å². The van der Waals surface area contributed by atoms with Gasteiger partial charge in [-0.3, -0.25) is 0 Å². The molecule has 1 aliphatic rings. The van der Waals surface area contributed by atoms with E-state index in [-0.39, 0.29) is 5.41 Å². The van der Waals surface area contributed by atoms with Crippen LogP contribution in [0.2, 0.25) is 5.02 Å². The molecule has 2 N–H and O–H groups in total. The molecular formula is C15H19ClN2O. The number of halogens is 1. The van der Waals surface area contributed by atoms with Crippen molar-refractivity contribution in [1.82, 2.24) is 4.98 Å². The van der Waals surface area contributed by atoms with Gasteiger partial charge in [-0.1, -0.05) is 30.9 Å². The van der Waals surface area contributed by atoms with Crippen LogP contribution in [-0.4, -0.2) is 11.5 Å². The minimum Gasteiger partial charge on any atom is -0.440 e. The molecule has 0 radical (unpaired) electrons. The number of hydrogen-bond acceptors (Lipinski definition) is 3. The number of fused-ring (bicyclic) bond motifs is 1. The average molecular weight is 279 g/mol. The molecule has 1 heterocycles. The Labute approximate surface area is 118 Å². The average Bonchev–Trinajstić information content (AvgIpc) is 2.84. The largest absolute Gasteiger partial charge is 0.440 e. The minimum atomic E-state index is -0.0732. The van der Waals surface area contributed by atoms with E-state index >= 15 is 0 Å². The number of nitrogens with zero attached hydrogens (tertiary/aromatic N) is 1. The molecule has 102 valence electrons. The van der Waals surface area contributed by atoms with Gasteiger partial charge in [-0.25, -0.2) is 4.98 Å². The monoisotopic (exact) mass is 278 g/mol. The summed E-state index contributed by atoms with van der Waals surface area (Å²) in [6.07, 6.45) is 5.84. The molecule has 1 fully saturated rings. The topological polar surface area (TPSA) is 52.0 Å². The number of oxazole rings is 1. The zero-order chi connectivity index (χ0) is 13.5. The van der Waals surface area contributed by atoms with Gasteiger partial charge in [-0.15, -0.1) is 0 Å². The second-order valence-electron chi connectivity index (χ2n) is 5.64. The van der Waals surface area contributed by atoms with Gasteiger partial charge in [-0.2, -0.15) is 0 Å². The summed E-state index contributed by atoms with van der Waals surface area (Å²) in [4.78, 5) is 4.67. The zero-order valence-corrected chi connectivity index (χ0v) is 12.0. The maximum atomic E-state index is 6.08. The Balaban J connectivity index is 2.11. The number of nitrogens with two attached hydrogens (primary N) is 1. The van der Waals surface area contributed by atoms with Crippen LogP contribution < -0.4 is 5.73 Å². The van der Waals surface area contributed by atoms with E-state index in [2.05, 4.69) is 4.98 Å². The summed E-state index contributed by atoms with van der Waals surface area (Å²) in [6.45, 7) is 2.60. The fraction of sp³-hybridized carbons (Fsp3) is 0.533. The van der Waals surface area contributed by atoms with E-state index in [4.69, 9.17) is 21.8 Å². The summed E-state index contributed by atoms with van der Waals surface area (Å²) in [7, 11) is 0. The third kappa shape index (κ3) is 2.15. The van der Waals surface area contributed by atoms with Crippen LogP contribution in [0.25, 0.3) is 11.1 Å². The van der Waals surface area contributed by atoms with Crippen molar-refractivity contribution >= 4 is 22.7 Å². The van der Waals surface area contributed by atoms with Crippen LogP contribution in [0, 0.1) is 6.92 Å². The van der Waals surface area contributed by atoms with Crippen molar-refractivity contribution in [2.24, 2.45) is 5.73 Å². The van der Waals surface area contributed by atoms with E-state index in [1.165, 1.54) is 19.3 Å². The highest BCUT2D eigenvalue weighted by Crippen LogP contribution is 2.40.